The number of hydrogen-bond acceptors (Lipinski definition) is 5. The third-order valence-electron chi connectivity index (χ3n) is 3.88. The summed E-state index contributed by atoms with van der Waals surface area (Å²) in [6.07, 6.45) is 4.00. The van der Waals surface area contributed by atoms with Crippen LogP contribution >= 0.6 is 0 Å². The highest BCUT2D eigenvalue weighted by Gasteiger charge is 2.21. The molecule has 0 aliphatic heterocycles. The van der Waals surface area contributed by atoms with E-state index in [4.69, 9.17) is 5.11 Å². The maximum atomic E-state index is 12.1. The van der Waals surface area contributed by atoms with E-state index >= 15 is 0 Å². The molecule has 2 rings (SSSR count). The zero-order valence-electron chi connectivity index (χ0n) is 13.1. The number of aromatic hydroxyl groups is 1. The van der Waals surface area contributed by atoms with Crippen LogP contribution in [0.5, 0.6) is 5.75 Å². The van der Waals surface area contributed by atoms with Gasteiger partial charge in [-0.15, -0.1) is 0 Å². The number of carboxylic acid groups (broad SMARTS) is 1. The Bertz CT molecular complexity index is 722. The topological polar surface area (TPSA) is 117 Å². The lowest BCUT2D eigenvalue weighted by Gasteiger charge is -2.15. The Morgan fingerprint density at radius 3 is 2.65 bits per heavy atom. The van der Waals surface area contributed by atoms with Crippen LogP contribution in [0.1, 0.15) is 42.7 Å². The first-order chi connectivity index (χ1) is 11.0. The number of amides is 1. The van der Waals surface area contributed by atoms with Gasteiger partial charge >= 0.3 is 5.97 Å². The summed E-state index contributed by atoms with van der Waals surface area (Å²) >= 11 is 0. The van der Waals surface area contributed by atoms with Gasteiger partial charge in [0.1, 0.15) is 24.2 Å². The molecule has 2 heterocycles. The van der Waals surface area contributed by atoms with Gasteiger partial charge in [-0.1, -0.05) is 26.7 Å². The molecule has 0 unspecified atom stereocenters. The molecule has 0 bridgehead atoms. The van der Waals surface area contributed by atoms with E-state index in [1.54, 1.807) is 0 Å². The highest BCUT2D eigenvalue weighted by Crippen LogP contribution is 2.25. The molecule has 2 aromatic rings. The van der Waals surface area contributed by atoms with E-state index in [1.807, 2.05) is 0 Å². The Labute approximate surface area is 133 Å². The first kappa shape index (κ1) is 16.7. The zero-order chi connectivity index (χ0) is 17.0. The first-order valence-electron chi connectivity index (χ1n) is 7.52. The van der Waals surface area contributed by atoms with Gasteiger partial charge in [0.05, 0.1) is 0 Å². The lowest BCUT2D eigenvalue weighted by atomic mass is 9.97. The fourth-order valence-electron chi connectivity index (χ4n) is 2.51. The van der Waals surface area contributed by atoms with Crippen LogP contribution in [0.25, 0.3) is 5.65 Å². The lowest BCUT2D eigenvalue weighted by molar-refractivity contribution is -0.135. The maximum absolute atomic E-state index is 12.1. The summed E-state index contributed by atoms with van der Waals surface area (Å²) < 4.78 is 1.52. The van der Waals surface area contributed by atoms with E-state index in [9.17, 15) is 14.7 Å². The van der Waals surface area contributed by atoms with Crippen LogP contribution in [-0.2, 0) is 11.2 Å². The Balaban J connectivity index is 2.41. The molecule has 2 aromatic heterocycles. The van der Waals surface area contributed by atoms with Crippen LogP contribution in [0.3, 0.4) is 0 Å². The van der Waals surface area contributed by atoms with Crippen molar-refractivity contribution in [2.45, 2.75) is 33.1 Å². The summed E-state index contributed by atoms with van der Waals surface area (Å²) in [6, 6.07) is 1.50. The second-order valence-electron chi connectivity index (χ2n) is 5.35. The monoisotopic (exact) mass is 320 g/mol. The van der Waals surface area contributed by atoms with Crippen molar-refractivity contribution in [3.8, 4) is 5.75 Å². The highest BCUT2D eigenvalue weighted by atomic mass is 16.4. The van der Waals surface area contributed by atoms with Crippen LogP contribution in [0.4, 0.5) is 0 Å². The molecule has 0 aromatic carbocycles. The molecule has 0 fully saturated rings. The number of pyridine rings is 1. The van der Waals surface area contributed by atoms with Crippen molar-refractivity contribution in [1.29, 1.82) is 0 Å². The number of aromatic nitrogens is 3. The fourth-order valence-corrected chi connectivity index (χ4v) is 2.51. The minimum atomic E-state index is -1.17. The lowest BCUT2D eigenvalue weighted by Crippen LogP contribution is -2.30. The van der Waals surface area contributed by atoms with Crippen molar-refractivity contribution >= 4 is 17.5 Å². The molecule has 0 saturated heterocycles. The predicted octanol–water partition coefficient (Wildman–Crippen LogP) is 1.23. The van der Waals surface area contributed by atoms with Crippen molar-refractivity contribution < 1.29 is 19.8 Å². The largest absolute Gasteiger partial charge is 0.507 e. The number of carboxylic acids is 1. The molecule has 1 amide bonds. The molecule has 8 nitrogen and oxygen atoms in total. The minimum Gasteiger partial charge on any atom is -0.507 e. The average molecular weight is 320 g/mol. The molecular weight excluding hydrogens is 300 g/mol. The number of nitrogens with zero attached hydrogens (tertiary/aromatic N) is 3. The third-order valence-corrected chi connectivity index (χ3v) is 3.88. The van der Waals surface area contributed by atoms with Gasteiger partial charge in [0, 0.05) is 11.8 Å². The van der Waals surface area contributed by atoms with Crippen molar-refractivity contribution in [2.75, 3.05) is 6.54 Å². The molecule has 0 saturated carbocycles. The average Bonchev–Trinajstić information content (AvgIpc) is 2.99. The van der Waals surface area contributed by atoms with Gasteiger partial charge in [0.25, 0.3) is 5.91 Å². The molecule has 0 aliphatic rings. The Hall–Kier alpha value is -2.64. The second kappa shape index (κ2) is 7.08. The van der Waals surface area contributed by atoms with Gasteiger partial charge in [-0.2, -0.15) is 5.10 Å². The summed E-state index contributed by atoms with van der Waals surface area (Å²) in [7, 11) is 0. The maximum Gasteiger partial charge on any atom is 0.322 e. The van der Waals surface area contributed by atoms with Crippen molar-refractivity contribution in [3.05, 3.63) is 23.7 Å². The Morgan fingerprint density at radius 1 is 1.35 bits per heavy atom. The fraction of sp³-hybridized carbons (Fsp3) is 0.467. The van der Waals surface area contributed by atoms with Crippen LogP contribution in [-0.4, -0.2) is 43.2 Å². The summed E-state index contributed by atoms with van der Waals surface area (Å²) in [5.74, 6) is -1.65. The number of hydrogen-bond donors (Lipinski definition) is 3. The van der Waals surface area contributed by atoms with Crippen LogP contribution in [0.15, 0.2) is 12.4 Å². The predicted molar refractivity (Wildman–Crippen MR) is 82.4 cm³/mol. The summed E-state index contributed by atoms with van der Waals surface area (Å²) in [4.78, 5) is 26.7. The van der Waals surface area contributed by atoms with Crippen LogP contribution < -0.4 is 5.32 Å². The SMILES string of the molecule is CCC(CC)Cc1cc(O)c(C(=O)NCC(=O)O)c2ncnn12. The molecule has 124 valence electrons. The molecule has 0 spiro atoms. The first-order valence-corrected chi connectivity index (χ1v) is 7.52. The molecule has 0 radical (unpaired) electrons. The second-order valence-corrected chi connectivity index (χ2v) is 5.35. The molecule has 3 N–H and O–H groups in total. The van der Waals surface area contributed by atoms with E-state index in [1.165, 1.54) is 16.9 Å². The van der Waals surface area contributed by atoms with Gasteiger partial charge in [0.15, 0.2) is 5.65 Å². The summed E-state index contributed by atoms with van der Waals surface area (Å²) in [5, 5.41) is 25.2. The van der Waals surface area contributed by atoms with Crippen molar-refractivity contribution in [2.24, 2.45) is 5.92 Å². The standard InChI is InChI=1S/C15H20N4O4/c1-3-9(4-2)5-10-6-11(20)13(14-17-8-18-19(10)14)15(23)16-7-12(21)22/h6,8-9,20H,3-5,7H2,1-2H3,(H,16,23)(H,21,22). The molecule has 23 heavy (non-hydrogen) atoms. The van der Waals surface area contributed by atoms with E-state index in [2.05, 4.69) is 29.2 Å². The Kier molecular flexibility index (Phi) is 5.15. The van der Waals surface area contributed by atoms with E-state index in [0.29, 0.717) is 12.3 Å². The number of aliphatic carboxylic acids is 1. The molecular formula is C15H20N4O4. The van der Waals surface area contributed by atoms with E-state index in [0.717, 1.165) is 18.5 Å². The van der Waals surface area contributed by atoms with Gasteiger partial charge in [0.2, 0.25) is 0 Å². The summed E-state index contributed by atoms with van der Waals surface area (Å²) in [6.45, 7) is 3.66. The molecule has 8 heteroatoms. The van der Waals surface area contributed by atoms with Gasteiger partial charge in [-0.05, 0) is 12.3 Å². The quantitative estimate of drug-likeness (QED) is 0.706. The number of carbonyl (C=O) groups is 2. The smallest absolute Gasteiger partial charge is 0.322 e. The highest BCUT2D eigenvalue weighted by molar-refractivity contribution is 6.03. The number of rotatable bonds is 7. The normalized spacial score (nSPS) is 11.1. The van der Waals surface area contributed by atoms with E-state index in [-0.39, 0.29) is 17.0 Å². The van der Waals surface area contributed by atoms with Crippen LogP contribution in [0, 0.1) is 5.92 Å². The minimum absolute atomic E-state index is 0.0722. The van der Waals surface area contributed by atoms with Gasteiger partial charge in [-0.25, -0.2) is 9.50 Å². The van der Waals surface area contributed by atoms with Crippen molar-refractivity contribution in [1.82, 2.24) is 19.9 Å². The summed E-state index contributed by atoms with van der Waals surface area (Å²) in [5.41, 5.74) is 0.907. The van der Waals surface area contributed by atoms with Gasteiger partial charge < -0.3 is 15.5 Å². The Morgan fingerprint density at radius 2 is 2.04 bits per heavy atom. The number of carbonyl (C=O) groups excluding carboxylic acids is 1. The van der Waals surface area contributed by atoms with Crippen LogP contribution in [0.2, 0.25) is 0 Å². The van der Waals surface area contributed by atoms with E-state index < -0.39 is 18.4 Å². The number of fused-ring (bicyclic) bond motifs is 1. The third kappa shape index (κ3) is 3.58. The molecule has 0 atom stereocenters. The van der Waals surface area contributed by atoms with Crippen molar-refractivity contribution in [3.63, 3.8) is 0 Å². The number of nitrogens with one attached hydrogen (secondary N) is 1. The molecule has 0 aliphatic carbocycles. The van der Waals surface area contributed by atoms with Gasteiger partial charge in [-0.3, -0.25) is 9.59 Å². The zero-order valence-corrected chi connectivity index (χ0v) is 13.1.